The molecule has 0 bridgehead atoms. The number of hydrogen-bond acceptors (Lipinski definition) is 6. The second-order valence-corrected chi connectivity index (χ2v) is 9.37. The summed E-state index contributed by atoms with van der Waals surface area (Å²) in [5, 5.41) is 23.5. The molecule has 2 aromatic rings. The van der Waals surface area contributed by atoms with Crippen molar-refractivity contribution >= 4 is 35.4 Å². The lowest BCUT2D eigenvalue weighted by atomic mass is 9.63. The van der Waals surface area contributed by atoms with Crippen molar-refractivity contribution in [2.75, 3.05) is 19.8 Å². The van der Waals surface area contributed by atoms with Gasteiger partial charge in [0.25, 0.3) is 11.8 Å². The van der Waals surface area contributed by atoms with Gasteiger partial charge in [0.2, 0.25) is 0 Å². The number of carbonyl (C=O) groups excluding carboxylic acids is 2. The van der Waals surface area contributed by atoms with Crippen LogP contribution in [0.1, 0.15) is 46.0 Å². The van der Waals surface area contributed by atoms with Crippen LogP contribution in [0.25, 0.3) is 0 Å². The Bertz CT molecular complexity index is 1260. The fourth-order valence-corrected chi connectivity index (χ4v) is 5.10. The summed E-state index contributed by atoms with van der Waals surface area (Å²) in [5.41, 5.74) is -0.429. The lowest BCUT2D eigenvalue weighted by molar-refractivity contribution is -0.151. The third-order valence-corrected chi connectivity index (χ3v) is 7.34. The van der Waals surface area contributed by atoms with Crippen LogP contribution in [-0.4, -0.2) is 64.7 Å². The number of carbonyl (C=O) groups is 4. The molecular weight excluding hydrogens is 488 g/mol. The lowest BCUT2D eigenvalue weighted by Gasteiger charge is -2.45. The predicted molar refractivity (Wildman–Crippen MR) is 130 cm³/mol. The summed E-state index contributed by atoms with van der Waals surface area (Å²) in [5.74, 6) is -4.36. The van der Waals surface area contributed by atoms with E-state index < -0.39 is 41.1 Å². The molecule has 2 amide bonds. The number of aliphatic carboxylic acids is 2. The molecule has 0 fully saturated rings. The van der Waals surface area contributed by atoms with E-state index in [1.165, 1.54) is 6.92 Å². The summed E-state index contributed by atoms with van der Waals surface area (Å²) in [6, 6.07) is 12.4. The topological polar surface area (TPSA) is 133 Å². The highest BCUT2D eigenvalue weighted by Crippen LogP contribution is 2.49. The molecule has 0 spiro atoms. The maximum absolute atomic E-state index is 12.5. The molecule has 2 heterocycles. The normalized spacial score (nSPS) is 23.5. The molecule has 3 N–H and O–H groups in total. The highest BCUT2D eigenvalue weighted by molar-refractivity contribution is 6.31. The minimum Gasteiger partial charge on any atom is -0.481 e. The van der Waals surface area contributed by atoms with Gasteiger partial charge < -0.3 is 20.3 Å². The molecule has 0 aromatic heterocycles. The number of nitrogens with one attached hydrogen (secondary N) is 1. The van der Waals surface area contributed by atoms with Crippen molar-refractivity contribution < 1.29 is 34.1 Å². The number of hydrogen-bond donors (Lipinski definition) is 3. The van der Waals surface area contributed by atoms with Gasteiger partial charge in [-0.15, -0.1) is 0 Å². The average Bonchev–Trinajstić information content (AvgIpc) is 3.08. The Kier molecular flexibility index (Phi) is 6.88. The van der Waals surface area contributed by atoms with Gasteiger partial charge in [-0.25, -0.2) is 4.79 Å². The summed E-state index contributed by atoms with van der Waals surface area (Å²) in [4.78, 5) is 51.0. The molecule has 188 valence electrons. The summed E-state index contributed by atoms with van der Waals surface area (Å²) in [6.07, 6.45) is 0. The zero-order valence-electron chi connectivity index (χ0n) is 19.7. The molecule has 2 aliphatic heterocycles. The molecule has 0 saturated carbocycles. The van der Waals surface area contributed by atoms with Gasteiger partial charge in [-0.05, 0) is 37.6 Å². The monoisotopic (exact) mass is 512 g/mol. The number of rotatable bonds is 8. The van der Waals surface area contributed by atoms with Crippen LogP contribution in [0.4, 0.5) is 0 Å². The van der Waals surface area contributed by atoms with E-state index in [9.17, 15) is 29.4 Å². The number of amides is 2. The molecule has 4 rings (SSSR count). The number of ether oxygens (including phenoxy) is 1. The molecule has 0 saturated heterocycles. The molecule has 0 radical (unpaired) electrons. The Labute approximate surface area is 212 Å². The average molecular weight is 513 g/mol. The SMILES string of the molecule is CC1NC(COCCN2C(=O)c3ccccc3C2=O)=C(C(=O)O)C(c2ccccc2Cl)C1(C)C(=O)O. The van der Waals surface area contributed by atoms with E-state index >= 15 is 0 Å². The van der Waals surface area contributed by atoms with Crippen molar-refractivity contribution in [1.82, 2.24) is 10.2 Å². The van der Waals surface area contributed by atoms with Crippen LogP contribution >= 0.6 is 11.6 Å². The maximum atomic E-state index is 12.5. The molecule has 36 heavy (non-hydrogen) atoms. The minimum absolute atomic E-state index is 0.0155. The van der Waals surface area contributed by atoms with Crippen molar-refractivity contribution in [3.63, 3.8) is 0 Å². The van der Waals surface area contributed by atoms with Crippen LogP contribution in [-0.2, 0) is 14.3 Å². The van der Waals surface area contributed by atoms with Crippen LogP contribution in [0.5, 0.6) is 0 Å². The number of carboxylic acids is 2. The molecule has 10 heteroatoms. The summed E-state index contributed by atoms with van der Waals surface area (Å²) in [6.45, 7) is 2.91. The van der Waals surface area contributed by atoms with Crippen molar-refractivity contribution in [2.24, 2.45) is 5.41 Å². The van der Waals surface area contributed by atoms with E-state index in [0.717, 1.165) is 4.90 Å². The highest BCUT2D eigenvalue weighted by Gasteiger charge is 2.54. The van der Waals surface area contributed by atoms with Gasteiger partial charge in [-0.3, -0.25) is 19.3 Å². The largest absolute Gasteiger partial charge is 0.481 e. The summed E-state index contributed by atoms with van der Waals surface area (Å²) in [7, 11) is 0. The fourth-order valence-electron chi connectivity index (χ4n) is 4.85. The molecule has 3 atom stereocenters. The number of nitrogens with zero attached hydrogens (tertiary/aromatic N) is 1. The molecule has 0 aliphatic carbocycles. The van der Waals surface area contributed by atoms with Crippen molar-refractivity contribution in [2.45, 2.75) is 25.8 Å². The van der Waals surface area contributed by atoms with Gasteiger partial charge in [-0.2, -0.15) is 0 Å². The number of fused-ring (bicyclic) bond motifs is 1. The number of imide groups is 1. The van der Waals surface area contributed by atoms with Crippen molar-refractivity contribution in [1.29, 1.82) is 0 Å². The third kappa shape index (κ3) is 4.14. The van der Waals surface area contributed by atoms with Gasteiger partial charge in [0, 0.05) is 22.7 Å². The Hall–Kier alpha value is -3.69. The van der Waals surface area contributed by atoms with Crippen LogP contribution in [0.15, 0.2) is 59.8 Å². The highest BCUT2D eigenvalue weighted by atomic mass is 35.5. The van der Waals surface area contributed by atoms with E-state index in [0.29, 0.717) is 16.7 Å². The molecule has 9 nitrogen and oxygen atoms in total. The van der Waals surface area contributed by atoms with E-state index in [-0.39, 0.29) is 36.1 Å². The van der Waals surface area contributed by atoms with Gasteiger partial charge in [0.05, 0.1) is 41.9 Å². The van der Waals surface area contributed by atoms with Crippen molar-refractivity contribution in [3.05, 3.63) is 81.5 Å². The summed E-state index contributed by atoms with van der Waals surface area (Å²) >= 11 is 6.39. The molecule has 2 aromatic carbocycles. The fraction of sp³-hybridized carbons (Fsp3) is 0.308. The van der Waals surface area contributed by atoms with Gasteiger partial charge in [-0.1, -0.05) is 41.9 Å². The number of carboxylic acid groups (broad SMARTS) is 2. The standard InChI is InChI=1S/C26H25ClN2O7/c1-14-26(2,25(34)35)21(17-9-5-6-10-18(17)27)20(24(32)33)19(28-14)13-36-12-11-29-22(30)15-7-3-4-8-16(15)23(29)31/h3-10,14,21,28H,11-13H2,1-2H3,(H,32,33)(H,34,35). The second kappa shape index (κ2) is 9.75. The van der Waals surface area contributed by atoms with E-state index in [1.807, 2.05) is 0 Å². The van der Waals surface area contributed by atoms with Gasteiger partial charge in [0.1, 0.15) is 0 Å². The smallest absolute Gasteiger partial charge is 0.334 e. The van der Waals surface area contributed by atoms with Crippen molar-refractivity contribution in [3.8, 4) is 0 Å². The first-order chi connectivity index (χ1) is 17.1. The number of benzene rings is 2. The van der Waals surface area contributed by atoms with Crippen LogP contribution in [0.2, 0.25) is 5.02 Å². The van der Waals surface area contributed by atoms with Crippen LogP contribution in [0, 0.1) is 5.41 Å². The van der Waals surface area contributed by atoms with Crippen LogP contribution < -0.4 is 5.32 Å². The maximum Gasteiger partial charge on any atom is 0.334 e. The van der Waals surface area contributed by atoms with Crippen LogP contribution in [0.3, 0.4) is 0 Å². The first-order valence-electron chi connectivity index (χ1n) is 11.3. The Balaban J connectivity index is 1.58. The molecule has 3 unspecified atom stereocenters. The van der Waals surface area contributed by atoms with Gasteiger partial charge in [0.15, 0.2) is 0 Å². The number of halogens is 1. The minimum atomic E-state index is -1.53. The first-order valence-corrected chi connectivity index (χ1v) is 11.7. The van der Waals surface area contributed by atoms with E-state index in [4.69, 9.17) is 16.3 Å². The lowest BCUT2D eigenvalue weighted by Crippen LogP contribution is -2.55. The Morgan fingerprint density at radius 2 is 1.64 bits per heavy atom. The van der Waals surface area contributed by atoms with E-state index in [2.05, 4.69) is 5.32 Å². The Morgan fingerprint density at radius 3 is 2.19 bits per heavy atom. The predicted octanol–water partition coefficient (Wildman–Crippen LogP) is 3.16. The Morgan fingerprint density at radius 1 is 1.06 bits per heavy atom. The zero-order chi connectivity index (χ0) is 26.2. The summed E-state index contributed by atoms with van der Waals surface area (Å²) < 4.78 is 5.69. The quantitative estimate of drug-likeness (QED) is 0.363. The molecular formula is C26H25ClN2O7. The molecule has 2 aliphatic rings. The third-order valence-electron chi connectivity index (χ3n) is 6.99. The zero-order valence-corrected chi connectivity index (χ0v) is 20.4. The second-order valence-electron chi connectivity index (χ2n) is 8.97. The van der Waals surface area contributed by atoms with Gasteiger partial charge >= 0.3 is 11.9 Å². The first kappa shape index (κ1) is 25.4. The van der Waals surface area contributed by atoms with E-state index in [1.54, 1.807) is 55.5 Å².